The van der Waals surface area contributed by atoms with E-state index in [2.05, 4.69) is 20.0 Å². The quantitative estimate of drug-likeness (QED) is 0.279. The molecule has 0 bridgehead atoms. The zero-order valence-electron chi connectivity index (χ0n) is 20.2. The van der Waals surface area contributed by atoms with Crippen molar-refractivity contribution in [1.82, 2.24) is 9.97 Å². The van der Waals surface area contributed by atoms with Crippen molar-refractivity contribution in [2.45, 2.75) is 11.4 Å². The van der Waals surface area contributed by atoms with Crippen LogP contribution in [0.5, 0.6) is 0 Å². The molecule has 0 unspecified atom stereocenters. The summed E-state index contributed by atoms with van der Waals surface area (Å²) in [6, 6.07) is 17.9. The number of sulfonamides is 2. The Morgan fingerprint density at radius 1 is 0.846 bits per heavy atom. The molecule has 0 spiro atoms. The molecule has 4 rings (SSSR count). The van der Waals surface area contributed by atoms with Crippen LogP contribution in [-0.2, 0) is 26.6 Å². The second-order valence-corrected chi connectivity index (χ2v) is 12.6. The van der Waals surface area contributed by atoms with Crippen molar-refractivity contribution in [3.8, 4) is 0 Å². The van der Waals surface area contributed by atoms with Crippen LogP contribution in [-0.4, -0.2) is 39.0 Å². The molecule has 39 heavy (non-hydrogen) atoms. The number of hydrogen-bond acceptors (Lipinski definition) is 7. The third kappa shape index (κ3) is 7.03. The molecule has 1 aromatic heterocycles. The van der Waals surface area contributed by atoms with Gasteiger partial charge in [0.1, 0.15) is 0 Å². The third-order valence-corrected chi connectivity index (χ3v) is 8.59. The molecule has 0 fully saturated rings. The summed E-state index contributed by atoms with van der Waals surface area (Å²) in [7, 11) is -7.64. The van der Waals surface area contributed by atoms with Crippen LogP contribution in [0.2, 0.25) is 10.0 Å². The number of hydrogen-bond donors (Lipinski definition) is 2. The summed E-state index contributed by atoms with van der Waals surface area (Å²) in [5.41, 5.74) is 1.37. The maximum Gasteiger partial charge on any atom is 0.264 e. The monoisotopic (exact) mass is 605 g/mol. The molecule has 0 atom stereocenters. The van der Waals surface area contributed by atoms with Gasteiger partial charge in [0.25, 0.3) is 15.9 Å². The Morgan fingerprint density at radius 2 is 1.44 bits per heavy atom. The number of benzene rings is 3. The van der Waals surface area contributed by atoms with Crippen LogP contribution in [0.25, 0.3) is 0 Å². The maximum absolute atomic E-state index is 12.8. The van der Waals surface area contributed by atoms with Crippen molar-refractivity contribution in [3.05, 3.63) is 106 Å². The molecule has 0 aliphatic heterocycles. The van der Waals surface area contributed by atoms with Crippen molar-refractivity contribution in [2.75, 3.05) is 20.6 Å². The number of rotatable bonds is 9. The molecule has 1 amide bonds. The fourth-order valence-corrected chi connectivity index (χ4v) is 5.80. The molecule has 1 heterocycles. The number of anilines is 3. The second kappa shape index (κ2) is 11.6. The summed E-state index contributed by atoms with van der Waals surface area (Å²) in [5.74, 6) is -0.546. The van der Waals surface area contributed by atoms with Crippen LogP contribution in [0, 0.1) is 0 Å². The molecule has 2 N–H and O–H groups in total. The summed E-state index contributed by atoms with van der Waals surface area (Å²) in [6.07, 6.45) is 3.87. The zero-order chi connectivity index (χ0) is 28.2. The first-order chi connectivity index (χ1) is 18.4. The van der Waals surface area contributed by atoms with Gasteiger partial charge in [0.15, 0.2) is 0 Å². The lowest BCUT2D eigenvalue weighted by atomic mass is 10.1. The van der Waals surface area contributed by atoms with E-state index in [1.807, 2.05) is 0 Å². The van der Waals surface area contributed by atoms with Gasteiger partial charge in [0, 0.05) is 39.3 Å². The first-order valence-electron chi connectivity index (χ1n) is 11.2. The van der Waals surface area contributed by atoms with Crippen molar-refractivity contribution in [2.24, 2.45) is 0 Å². The summed E-state index contributed by atoms with van der Waals surface area (Å²) in [6.45, 7) is -0.0939. The Bertz CT molecular complexity index is 1680. The highest BCUT2D eigenvalue weighted by Crippen LogP contribution is 2.29. The van der Waals surface area contributed by atoms with E-state index >= 15 is 0 Å². The average molecular weight is 607 g/mol. The minimum absolute atomic E-state index is 0.0446. The Kier molecular flexibility index (Phi) is 8.40. The minimum atomic E-state index is -3.92. The van der Waals surface area contributed by atoms with Gasteiger partial charge < -0.3 is 5.32 Å². The van der Waals surface area contributed by atoms with Crippen molar-refractivity contribution < 1.29 is 21.6 Å². The molecular weight excluding hydrogens is 585 g/mol. The highest BCUT2D eigenvalue weighted by Gasteiger charge is 2.21. The van der Waals surface area contributed by atoms with Gasteiger partial charge in [0.2, 0.25) is 16.0 Å². The number of amides is 1. The number of aromatic nitrogens is 2. The van der Waals surface area contributed by atoms with Crippen molar-refractivity contribution in [3.63, 3.8) is 0 Å². The minimum Gasteiger partial charge on any atom is -0.322 e. The fourth-order valence-electron chi connectivity index (χ4n) is 3.46. The van der Waals surface area contributed by atoms with Crippen LogP contribution < -0.4 is 14.3 Å². The number of carbonyl (C=O) groups is 1. The Labute approximate surface area is 235 Å². The zero-order valence-corrected chi connectivity index (χ0v) is 23.4. The predicted molar refractivity (Wildman–Crippen MR) is 151 cm³/mol. The summed E-state index contributed by atoms with van der Waals surface area (Å²) >= 11 is 12.4. The van der Waals surface area contributed by atoms with E-state index in [1.165, 1.54) is 60.9 Å². The topological polar surface area (TPSA) is 138 Å². The van der Waals surface area contributed by atoms with E-state index in [-0.39, 0.29) is 23.0 Å². The molecule has 0 saturated carbocycles. The maximum atomic E-state index is 12.8. The van der Waals surface area contributed by atoms with E-state index in [0.29, 0.717) is 27.0 Å². The highest BCUT2D eigenvalue weighted by molar-refractivity contribution is 7.92. The van der Waals surface area contributed by atoms with Crippen LogP contribution in [0.1, 0.15) is 15.9 Å². The number of carbonyl (C=O) groups excluding carboxylic acids is 1. The van der Waals surface area contributed by atoms with Gasteiger partial charge >= 0.3 is 0 Å². The van der Waals surface area contributed by atoms with Crippen LogP contribution in [0.3, 0.4) is 0 Å². The molecule has 0 aliphatic carbocycles. The molecule has 0 aliphatic rings. The van der Waals surface area contributed by atoms with Gasteiger partial charge in [-0.2, -0.15) is 0 Å². The molecule has 3 aromatic carbocycles. The number of nitrogens with one attached hydrogen (secondary N) is 2. The lowest BCUT2D eigenvalue weighted by Gasteiger charge is -2.23. The van der Waals surface area contributed by atoms with Crippen molar-refractivity contribution >= 4 is 66.5 Å². The van der Waals surface area contributed by atoms with E-state index in [4.69, 9.17) is 23.2 Å². The Morgan fingerprint density at radius 3 is 2.00 bits per heavy atom. The van der Waals surface area contributed by atoms with Crippen LogP contribution in [0.15, 0.2) is 90.1 Å². The third-order valence-electron chi connectivity index (χ3n) is 5.40. The van der Waals surface area contributed by atoms with Gasteiger partial charge in [-0.3, -0.25) is 9.10 Å². The lowest BCUT2D eigenvalue weighted by molar-refractivity contribution is 0.102. The largest absolute Gasteiger partial charge is 0.322 e. The van der Waals surface area contributed by atoms with E-state index < -0.39 is 26.0 Å². The van der Waals surface area contributed by atoms with E-state index in [1.54, 1.807) is 24.3 Å². The van der Waals surface area contributed by atoms with Gasteiger partial charge in [-0.15, -0.1) is 0 Å². The van der Waals surface area contributed by atoms with Crippen LogP contribution in [0.4, 0.5) is 17.3 Å². The summed E-state index contributed by atoms with van der Waals surface area (Å²) in [5, 5.41) is 3.33. The molecule has 0 saturated heterocycles. The van der Waals surface area contributed by atoms with Crippen LogP contribution >= 0.6 is 23.2 Å². The molecule has 0 radical (unpaired) electrons. The van der Waals surface area contributed by atoms with E-state index in [9.17, 15) is 21.6 Å². The predicted octanol–water partition coefficient (Wildman–Crippen LogP) is 4.80. The molecule has 14 heteroatoms. The standard InChI is InChI=1S/C25H21Cl2N5O5S2/c1-38(34,35)32(16-21-22(26)4-2-5-23(21)27)19-10-6-17(7-11-19)24(33)30-18-8-12-20(13-9-18)39(36,37)31-25-28-14-3-15-29-25/h2-15H,16H2,1H3,(H,30,33)(H,28,29,31). The average Bonchev–Trinajstić information content (AvgIpc) is 2.88. The first-order valence-corrected chi connectivity index (χ1v) is 15.2. The summed E-state index contributed by atoms with van der Waals surface area (Å²) in [4.78, 5) is 20.4. The van der Waals surface area contributed by atoms with Gasteiger partial charge in [-0.1, -0.05) is 29.3 Å². The van der Waals surface area contributed by atoms with Crippen molar-refractivity contribution in [1.29, 1.82) is 0 Å². The SMILES string of the molecule is CS(=O)(=O)N(Cc1c(Cl)cccc1Cl)c1ccc(C(=O)Nc2ccc(S(=O)(=O)Nc3ncccn3)cc2)cc1. The molecular formula is C25H21Cl2N5O5S2. The van der Waals surface area contributed by atoms with Gasteiger partial charge in [-0.05, 0) is 66.7 Å². The Balaban J connectivity index is 1.47. The number of halogens is 2. The highest BCUT2D eigenvalue weighted by atomic mass is 35.5. The normalized spacial score (nSPS) is 11.6. The van der Waals surface area contributed by atoms with Gasteiger partial charge in [0.05, 0.1) is 23.4 Å². The second-order valence-electron chi connectivity index (χ2n) is 8.17. The Hall–Kier alpha value is -3.71. The first kappa shape index (κ1) is 28.3. The fraction of sp³-hybridized carbons (Fsp3) is 0.0800. The number of nitrogens with zero attached hydrogens (tertiary/aromatic N) is 3. The van der Waals surface area contributed by atoms with Gasteiger partial charge in [-0.25, -0.2) is 31.5 Å². The smallest absolute Gasteiger partial charge is 0.264 e. The summed E-state index contributed by atoms with van der Waals surface area (Å²) < 4.78 is 53.5. The lowest BCUT2D eigenvalue weighted by Crippen LogP contribution is -2.29. The molecule has 10 nitrogen and oxygen atoms in total. The molecule has 4 aromatic rings. The molecule has 202 valence electrons. The van der Waals surface area contributed by atoms with E-state index in [0.717, 1.165) is 10.6 Å².